The summed E-state index contributed by atoms with van der Waals surface area (Å²) in [5.74, 6) is 0.334. The molecule has 4 rings (SSSR count). The Hall–Kier alpha value is -2.84. The molecule has 8 heteroatoms. The maximum Gasteiger partial charge on any atom is 0.255 e. The summed E-state index contributed by atoms with van der Waals surface area (Å²) in [5.41, 5.74) is 3.33. The van der Waals surface area contributed by atoms with Crippen molar-refractivity contribution in [1.29, 1.82) is 0 Å². The molecule has 144 valence electrons. The Balaban J connectivity index is 1.55. The number of benzene rings is 1. The molecule has 2 aromatic heterocycles. The third kappa shape index (κ3) is 3.88. The van der Waals surface area contributed by atoms with Crippen LogP contribution in [0.2, 0.25) is 0 Å². The van der Waals surface area contributed by atoms with Crippen LogP contribution in [-0.2, 0) is 19.5 Å². The van der Waals surface area contributed by atoms with Gasteiger partial charge < -0.3 is 5.32 Å². The fourth-order valence-corrected chi connectivity index (χ4v) is 4.27. The Bertz CT molecular complexity index is 1070. The van der Waals surface area contributed by atoms with Gasteiger partial charge in [-0.3, -0.25) is 19.5 Å². The molecule has 0 atom stereocenters. The highest BCUT2D eigenvalue weighted by Crippen LogP contribution is 2.25. The summed E-state index contributed by atoms with van der Waals surface area (Å²) in [6.45, 7) is 5.59. The summed E-state index contributed by atoms with van der Waals surface area (Å²) < 4.78 is 0. The molecule has 1 aromatic carbocycles. The number of Topliss-reactive ketones (excluding diaryl/α,β-unsaturated/α-hetero) is 1. The average Bonchev–Trinajstić information content (AvgIpc) is 3.03. The first-order chi connectivity index (χ1) is 13.5. The molecule has 2 N–H and O–H groups in total. The Kier molecular flexibility index (Phi) is 5.06. The lowest BCUT2D eigenvalue weighted by molar-refractivity contribution is 0.102. The smallest absolute Gasteiger partial charge is 0.255 e. The van der Waals surface area contributed by atoms with Crippen molar-refractivity contribution in [3.63, 3.8) is 0 Å². The van der Waals surface area contributed by atoms with Crippen molar-refractivity contribution in [1.82, 2.24) is 19.9 Å². The number of thiazole rings is 1. The van der Waals surface area contributed by atoms with Gasteiger partial charge in [-0.15, -0.1) is 0 Å². The monoisotopic (exact) mass is 395 g/mol. The predicted molar refractivity (Wildman–Crippen MR) is 109 cm³/mol. The van der Waals surface area contributed by atoms with Crippen LogP contribution in [0.3, 0.4) is 0 Å². The van der Waals surface area contributed by atoms with Gasteiger partial charge in [0, 0.05) is 32.1 Å². The normalized spacial score (nSPS) is 13.9. The minimum absolute atomic E-state index is 0.0218. The third-order valence-electron chi connectivity index (χ3n) is 4.74. The maximum atomic E-state index is 12.5. The van der Waals surface area contributed by atoms with Crippen LogP contribution in [-0.4, -0.2) is 32.2 Å². The van der Waals surface area contributed by atoms with Crippen molar-refractivity contribution >= 4 is 28.2 Å². The minimum Gasteiger partial charge on any atom is -0.302 e. The molecule has 0 aliphatic carbocycles. The first kappa shape index (κ1) is 18.5. The van der Waals surface area contributed by atoms with Gasteiger partial charge in [0.15, 0.2) is 10.9 Å². The number of fused-ring (bicyclic) bond motifs is 1. The van der Waals surface area contributed by atoms with Gasteiger partial charge in [-0.1, -0.05) is 41.7 Å². The van der Waals surface area contributed by atoms with Crippen LogP contribution < -0.4 is 10.9 Å². The lowest BCUT2D eigenvalue weighted by Gasteiger charge is -2.27. The van der Waals surface area contributed by atoms with Crippen LogP contribution in [0.15, 0.2) is 35.1 Å². The summed E-state index contributed by atoms with van der Waals surface area (Å²) in [7, 11) is 0. The van der Waals surface area contributed by atoms with Crippen LogP contribution in [0.4, 0.5) is 11.1 Å². The number of carbonyl (C=O) groups excluding carboxylic acids is 1. The van der Waals surface area contributed by atoms with Gasteiger partial charge in [0.25, 0.3) is 5.56 Å². The van der Waals surface area contributed by atoms with Gasteiger partial charge in [-0.05, 0) is 18.9 Å². The minimum atomic E-state index is -0.119. The fraction of sp³-hybridized carbons (Fsp3) is 0.300. The molecular weight excluding hydrogens is 374 g/mol. The molecule has 3 aromatic rings. The van der Waals surface area contributed by atoms with E-state index in [-0.39, 0.29) is 11.3 Å². The number of hydrogen-bond donors (Lipinski definition) is 2. The Morgan fingerprint density at radius 1 is 1.29 bits per heavy atom. The number of anilines is 2. The molecule has 0 amide bonds. The first-order valence-electron chi connectivity index (χ1n) is 9.13. The summed E-state index contributed by atoms with van der Waals surface area (Å²) in [6.07, 6.45) is 0.676. The van der Waals surface area contributed by atoms with E-state index in [1.807, 2.05) is 18.2 Å². The highest BCUT2D eigenvalue weighted by molar-refractivity contribution is 7.17. The van der Waals surface area contributed by atoms with Crippen molar-refractivity contribution < 1.29 is 4.79 Å². The van der Waals surface area contributed by atoms with Crippen molar-refractivity contribution in [2.45, 2.75) is 33.4 Å². The molecule has 7 nitrogen and oxygen atoms in total. The van der Waals surface area contributed by atoms with E-state index in [0.717, 1.165) is 24.3 Å². The van der Waals surface area contributed by atoms with Gasteiger partial charge in [0.05, 0.1) is 16.3 Å². The number of H-pyrrole nitrogens is 1. The van der Waals surface area contributed by atoms with E-state index < -0.39 is 0 Å². The van der Waals surface area contributed by atoms with Gasteiger partial charge >= 0.3 is 0 Å². The molecule has 1 aliphatic heterocycles. The number of ketones is 1. The van der Waals surface area contributed by atoms with E-state index in [4.69, 9.17) is 0 Å². The molecule has 0 unspecified atom stereocenters. The highest BCUT2D eigenvalue weighted by atomic mass is 32.1. The number of nitrogens with one attached hydrogen (secondary N) is 2. The van der Waals surface area contributed by atoms with E-state index in [9.17, 15) is 9.59 Å². The lowest BCUT2D eigenvalue weighted by atomic mass is 10.1. The number of rotatable bonds is 5. The number of aryl methyl sites for hydroxylation is 1. The van der Waals surface area contributed by atoms with Crippen LogP contribution in [0.25, 0.3) is 0 Å². The van der Waals surface area contributed by atoms with Gasteiger partial charge in [-0.25, -0.2) is 9.97 Å². The molecule has 0 fully saturated rings. The quantitative estimate of drug-likeness (QED) is 0.645. The van der Waals surface area contributed by atoms with Crippen LogP contribution >= 0.6 is 11.3 Å². The number of aromatic nitrogens is 3. The largest absolute Gasteiger partial charge is 0.302 e. The molecule has 0 bridgehead atoms. The molecule has 0 saturated heterocycles. The van der Waals surface area contributed by atoms with E-state index >= 15 is 0 Å². The zero-order valence-electron chi connectivity index (χ0n) is 15.8. The molecule has 1 aliphatic rings. The summed E-state index contributed by atoms with van der Waals surface area (Å²) in [6, 6.07) is 10.3. The standard InChI is InChI=1S/C20H21N5O2S/c1-12-17(13(2)26)28-20(21-12)24-19-22-16-11-25(9-8-15(16)18(27)23-19)10-14-6-4-3-5-7-14/h3-7H,8-11H2,1-2H3,(H2,21,22,23,24,27). The average molecular weight is 395 g/mol. The molecule has 0 saturated carbocycles. The second-order valence-electron chi connectivity index (χ2n) is 6.90. The molecule has 28 heavy (non-hydrogen) atoms. The maximum absolute atomic E-state index is 12.5. The topological polar surface area (TPSA) is 91.0 Å². The van der Waals surface area contributed by atoms with Gasteiger partial charge in [0.2, 0.25) is 5.95 Å². The molecule has 3 heterocycles. The predicted octanol–water partition coefficient (Wildman–Crippen LogP) is 3.04. The van der Waals surface area contributed by atoms with Crippen molar-refractivity contribution in [3.05, 3.63) is 68.1 Å². The van der Waals surface area contributed by atoms with Gasteiger partial charge in [-0.2, -0.15) is 0 Å². The van der Waals surface area contributed by atoms with E-state index in [1.165, 1.54) is 23.8 Å². The SMILES string of the molecule is CC(=O)c1sc(Nc2nc3c(c(=O)[nH]2)CCN(Cc2ccccc2)C3)nc1C. The molecular formula is C20H21N5O2S. The zero-order valence-corrected chi connectivity index (χ0v) is 16.6. The van der Waals surface area contributed by atoms with Crippen molar-refractivity contribution in [3.8, 4) is 0 Å². The van der Waals surface area contributed by atoms with E-state index in [2.05, 4.69) is 37.3 Å². The molecule has 0 radical (unpaired) electrons. The second-order valence-corrected chi connectivity index (χ2v) is 7.90. The van der Waals surface area contributed by atoms with E-state index in [1.54, 1.807) is 6.92 Å². The fourth-order valence-electron chi connectivity index (χ4n) is 3.41. The number of hydrogen-bond acceptors (Lipinski definition) is 7. The number of aromatic amines is 1. The second kappa shape index (κ2) is 7.65. The molecule has 0 spiro atoms. The lowest BCUT2D eigenvalue weighted by Crippen LogP contribution is -2.35. The van der Waals surface area contributed by atoms with Crippen molar-refractivity contribution in [2.24, 2.45) is 0 Å². The number of carbonyl (C=O) groups is 1. The first-order valence-corrected chi connectivity index (χ1v) is 9.95. The van der Waals surface area contributed by atoms with Gasteiger partial charge in [0.1, 0.15) is 0 Å². The third-order valence-corrected chi connectivity index (χ3v) is 5.92. The van der Waals surface area contributed by atoms with Crippen LogP contribution in [0.1, 0.15) is 39.1 Å². The Morgan fingerprint density at radius 3 is 2.79 bits per heavy atom. The Morgan fingerprint density at radius 2 is 2.07 bits per heavy atom. The Labute approximate surface area is 166 Å². The van der Waals surface area contributed by atoms with Crippen LogP contribution in [0, 0.1) is 6.92 Å². The summed E-state index contributed by atoms with van der Waals surface area (Å²) >= 11 is 1.26. The van der Waals surface area contributed by atoms with E-state index in [0.29, 0.717) is 34.6 Å². The number of nitrogens with zero attached hydrogens (tertiary/aromatic N) is 3. The zero-order chi connectivity index (χ0) is 19.7. The van der Waals surface area contributed by atoms with Crippen molar-refractivity contribution in [2.75, 3.05) is 11.9 Å². The summed E-state index contributed by atoms with van der Waals surface area (Å²) in [5, 5.41) is 3.59. The summed E-state index contributed by atoms with van der Waals surface area (Å²) in [4.78, 5) is 38.8. The highest BCUT2D eigenvalue weighted by Gasteiger charge is 2.21. The van der Waals surface area contributed by atoms with Crippen LogP contribution in [0.5, 0.6) is 0 Å².